The fraction of sp³-hybridized carbons (Fsp3) is 0.289. The van der Waals surface area contributed by atoms with Crippen LogP contribution in [0.3, 0.4) is 0 Å². The first-order chi connectivity index (χ1) is 26.8. The molecule has 10 heteroatoms. The number of H-pyrrole nitrogens is 1. The standard InChI is InChI=1S/C45H48N6O4/c1-4-6-23-49(24-7-5-2)45(55)39-25-30(3)51(48-39)40-22-21-34(27-37(40)44(54)50-28-33-18-12-11-17-32(33)26-35(50)29-52)46-43(53)42-41(31-15-9-8-10-16-31)36-19-13-14-20-38(36)47-42/h8-22,25,27,35,47,52H,4-7,23-24,26,28-29H2,1-3H3,(H,46,53). The number of aromatic amines is 1. The van der Waals surface area contributed by atoms with Gasteiger partial charge in [0.15, 0.2) is 5.69 Å². The van der Waals surface area contributed by atoms with E-state index in [1.807, 2.05) is 90.7 Å². The number of rotatable bonds is 13. The van der Waals surface area contributed by atoms with Crippen LogP contribution in [0.15, 0.2) is 103 Å². The third-order valence-corrected chi connectivity index (χ3v) is 10.5. The summed E-state index contributed by atoms with van der Waals surface area (Å²) in [5, 5.41) is 19.3. The van der Waals surface area contributed by atoms with Gasteiger partial charge in [-0.2, -0.15) is 5.10 Å². The predicted octanol–water partition coefficient (Wildman–Crippen LogP) is 8.18. The van der Waals surface area contributed by atoms with Crippen molar-refractivity contribution < 1.29 is 19.5 Å². The normalized spacial score (nSPS) is 13.8. The Morgan fingerprint density at radius 2 is 1.56 bits per heavy atom. The van der Waals surface area contributed by atoms with E-state index in [-0.39, 0.29) is 29.9 Å². The number of nitrogens with one attached hydrogen (secondary N) is 2. The second kappa shape index (κ2) is 16.6. The molecule has 1 aliphatic heterocycles. The number of aromatic nitrogens is 3. The SMILES string of the molecule is CCCCN(CCCC)C(=O)c1cc(C)n(-c2ccc(NC(=O)c3[nH]c4ccccc4c3-c3ccccc3)cc2C(=O)N2Cc3ccccc3CC2CO)n1. The number of aliphatic hydroxyl groups excluding tert-OH is 1. The Morgan fingerprint density at radius 3 is 2.29 bits per heavy atom. The quantitative estimate of drug-likeness (QED) is 0.110. The molecule has 0 spiro atoms. The highest BCUT2D eigenvalue weighted by Crippen LogP contribution is 2.34. The Labute approximate surface area is 321 Å². The monoisotopic (exact) mass is 736 g/mol. The topological polar surface area (TPSA) is 124 Å². The Hall–Kier alpha value is -6.00. The number of unbranched alkanes of at least 4 members (excludes halogenated alkanes) is 2. The van der Waals surface area contributed by atoms with Gasteiger partial charge in [-0.1, -0.05) is 99.5 Å². The molecule has 0 saturated carbocycles. The van der Waals surface area contributed by atoms with Crippen LogP contribution in [0.2, 0.25) is 0 Å². The number of anilines is 1. The summed E-state index contributed by atoms with van der Waals surface area (Å²) in [6, 6.07) is 32.0. The molecule has 2 aromatic heterocycles. The molecule has 6 aromatic rings. The largest absolute Gasteiger partial charge is 0.394 e. The van der Waals surface area contributed by atoms with Crippen molar-refractivity contribution in [2.75, 3.05) is 25.0 Å². The molecule has 55 heavy (non-hydrogen) atoms. The highest BCUT2D eigenvalue weighted by atomic mass is 16.3. The molecule has 1 atom stereocenters. The molecule has 0 bridgehead atoms. The van der Waals surface area contributed by atoms with E-state index in [1.165, 1.54) is 0 Å². The predicted molar refractivity (Wildman–Crippen MR) is 217 cm³/mol. The molecule has 3 N–H and O–H groups in total. The van der Waals surface area contributed by atoms with Crippen LogP contribution in [-0.4, -0.2) is 73.1 Å². The second-order valence-electron chi connectivity index (χ2n) is 14.3. The van der Waals surface area contributed by atoms with Gasteiger partial charge in [0, 0.05) is 47.5 Å². The number of aliphatic hydroxyl groups is 1. The van der Waals surface area contributed by atoms with Crippen molar-refractivity contribution in [1.82, 2.24) is 24.6 Å². The minimum Gasteiger partial charge on any atom is -0.394 e. The van der Waals surface area contributed by atoms with Crippen LogP contribution in [-0.2, 0) is 13.0 Å². The Bertz CT molecular complexity index is 2320. The van der Waals surface area contributed by atoms with Gasteiger partial charge >= 0.3 is 0 Å². The van der Waals surface area contributed by atoms with Crippen LogP contribution in [0.25, 0.3) is 27.7 Å². The van der Waals surface area contributed by atoms with Crippen molar-refractivity contribution in [1.29, 1.82) is 0 Å². The van der Waals surface area contributed by atoms with E-state index in [0.717, 1.165) is 58.8 Å². The lowest BCUT2D eigenvalue weighted by atomic mass is 9.93. The van der Waals surface area contributed by atoms with Gasteiger partial charge < -0.3 is 25.2 Å². The number of amides is 3. The average Bonchev–Trinajstić information content (AvgIpc) is 3.81. The van der Waals surface area contributed by atoms with Crippen LogP contribution in [0.4, 0.5) is 5.69 Å². The molecule has 3 heterocycles. The zero-order valence-corrected chi connectivity index (χ0v) is 31.7. The van der Waals surface area contributed by atoms with E-state index in [1.54, 1.807) is 33.8 Å². The van der Waals surface area contributed by atoms with E-state index in [9.17, 15) is 19.5 Å². The van der Waals surface area contributed by atoms with Crippen molar-refractivity contribution in [3.8, 4) is 16.8 Å². The highest BCUT2D eigenvalue weighted by molar-refractivity contribution is 6.14. The number of carbonyl (C=O) groups excluding carboxylic acids is 3. The van der Waals surface area contributed by atoms with E-state index < -0.39 is 6.04 Å². The number of nitrogens with zero attached hydrogens (tertiary/aromatic N) is 4. The summed E-state index contributed by atoms with van der Waals surface area (Å²) in [7, 11) is 0. The molecular formula is C45H48N6O4. The number of carbonyl (C=O) groups is 3. The van der Waals surface area contributed by atoms with Crippen molar-refractivity contribution in [2.45, 2.75) is 65.5 Å². The van der Waals surface area contributed by atoms with Gasteiger partial charge in [-0.05, 0) is 73.2 Å². The molecule has 1 aliphatic rings. The molecule has 1 unspecified atom stereocenters. The smallest absolute Gasteiger partial charge is 0.274 e. The lowest BCUT2D eigenvalue weighted by molar-refractivity contribution is 0.0544. The van der Waals surface area contributed by atoms with E-state index in [2.05, 4.69) is 24.1 Å². The summed E-state index contributed by atoms with van der Waals surface area (Å²) in [6.07, 6.45) is 4.26. The van der Waals surface area contributed by atoms with Crippen molar-refractivity contribution >= 4 is 34.3 Å². The fourth-order valence-corrected chi connectivity index (χ4v) is 7.52. The van der Waals surface area contributed by atoms with Gasteiger partial charge in [0.05, 0.1) is 23.9 Å². The first-order valence-corrected chi connectivity index (χ1v) is 19.3. The van der Waals surface area contributed by atoms with Crippen molar-refractivity contribution in [2.24, 2.45) is 0 Å². The molecule has 0 radical (unpaired) electrons. The van der Waals surface area contributed by atoms with Crippen molar-refractivity contribution in [3.05, 3.63) is 137 Å². The van der Waals surface area contributed by atoms with Gasteiger partial charge in [-0.25, -0.2) is 4.68 Å². The first kappa shape index (κ1) is 37.3. The molecule has 4 aromatic carbocycles. The Morgan fingerprint density at radius 1 is 0.873 bits per heavy atom. The minimum absolute atomic E-state index is 0.138. The van der Waals surface area contributed by atoms with Gasteiger partial charge in [0.2, 0.25) is 0 Å². The van der Waals surface area contributed by atoms with Gasteiger partial charge in [0.1, 0.15) is 5.69 Å². The summed E-state index contributed by atoms with van der Waals surface area (Å²) in [4.78, 5) is 49.7. The number of para-hydroxylation sites is 1. The maximum absolute atomic E-state index is 14.8. The van der Waals surface area contributed by atoms with E-state index >= 15 is 0 Å². The van der Waals surface area contributed by atoms with Gasteiger partial charge in [-0.3, -0.25) is 14.4 Å². The number of benzene rings is 4. The van der Waals surface area contributed by atoms with Gasteiger partial charge in [-0.15, -0.1) is 0 Å². The maximum Gasteiger partial charge on any atom is 0.274 e. The lowest BCUT2D eigenvalue weighted by Crippen LogP contribution is -2.46. The van der Waals surface area contributed by atoms with Crippen LogP contribution in [0.5, 0.6) is 0 Å². The molecule has 0 saturated heterocycles. The summed E-state index contributed by atoms with van der Waals surface area (Å²) in [5.41, 5.74) is 7.21. The fourth-order valence-electron chi connectivity index (χ4n) is 7.52. The Kier molecular flexibility index (Phi) is 11.2. The first-order valence-electron chi connectivity index (χ1n) is 19.3. The second-order valence-corrected chi connectivity index (χ2v) is 14.3. The highest BCUT2D eigenvalue weighted by Gasteiger charge is 2.32. The van der Waals surface area contributed by atoms with Crippen LogP contribution >= 0.6 is 0 Å². The summed E-state index contributed by atoms with van der Waals surface area (Å²) in [5.74, 6) is -0.810. The Balaban J connectivity index is 1.28. The molecule has 0 aliphatic carbocycles. The molecule has 0 fully saturated rings. The van der Waals surface area contributed by atoms with Crippen LogP contribution in [0, 0.1) is 6.92 Å². The van der Waals surface area contributed by atoms with Gasteiger partial charge in [0.25, 0.3) is 17.7 Å². The van der Waals surface area contributed by atoms with E-state index in [4.69, 9.17) is 5.10 Å². The zero-order valence-electron chi connectivity index (χ0n) is 31.7. The molecule has 282 valence electrons. The summed E-state index contributed by atoms with van der Waals surface area (Å²) in [6.45, 7) is 7.50. The summed E-state index contributed by atoms with van der Waals surface area (Å²) >= 11 is 0. The third-order valence-electron chi connectivity index (χ3n) is 10.5. The van der Waals surface area contributed by atoms with Crippen LogP contribution in [0.1, 0.15) is 87.7 Å². The zero-order chi connectivity index (χ0) is 38.5. The summed E-state index contributed by atoms with van der Waals surface area (Å²) < 4.78 is 1.64. The van der Waals surface area contributed by atoms with E-state index in [0.29, 0.717) is 54.5 Å². The van der Waals surface area contributed by atoms with Crippen LogP contribution < -0.4 is 5.32 Å². The number of aryl methyl sites for hydroxylation is 1. The minimum atomic E-state index is -0.449. The molecule has 3 amide bonds. The number of fused-ring (bicyclic) bond motifs is 2. The molecule has 10 nitrogen and oxygen atoms in total. The van der Waals surface area contributed by atoms with Crippen molar-refractivity contribution in [3.63, 3.8) is 0 Å². The maximum atomic E-state index is 14.8. The average molecular weight is 737 g/mol. The lowest BCUT2D eigenvalue weighted by Gasteiger charge is -2.36. The molecular weight excluding hydrogens is 689 g/mol. The number of hydrogen-bond donors (Lipinski definition) is 3. The molecule has 7 rings (SSSR count). The third kappa shape index (κ3) is 7.68. The number of hydrogen-bond acceptors (Lipinski definition) is 5.